The molecular weight excluding hydrogens is 813 g/mol. The summed E-state index contributed by atoms with van der Waals surface area (Å²) in [5.41, 5.74) is 9.12. The van der Waals surface area contributed by atoms with Gasteiger partial charge in [-0.2, -0.15) is 4.31 Å². The van der Waals surface area contributed by atoms with Gasteiger partial charge in [-0.05, 0) is 0 Å². The number of aliphatic hydroxyl groups excluding tert-OH is 2. The number of nitrogens with one attached hydrogen (secondary N) is 2. The number of nitrogens with two attached hydrogens (primary N) is 2. The molecule has 3 heterocycles. The molecule has 3 unspecified atom stereocenters. The van der Waals surface area contributed by atoms with Crippen LogP contribution in [0.3, 0.4) is 0 Å². The first-order valence-electron chi connectivity index (χ1n) is 15.2. The number of carbonyl (C=O) groups is 4. The lowest BCUT2D eigenvalue weighted by molar-refractivity contribution is -0.137. The number of fused-ring (bicyclic) bond motifs is 1. The number of hydrogen-bond acceptors (Lipinski definition) is 19. The predicted octanol–water partition coefficient (Wildman–Crippen LogP) is -2.46. The standard InChI is InChI=1S/C24H39N8O18P3S/c1-24(2,19(37)22(38)28-4-3-14(34)27-5-6-54-15(35)7-13(25)33)9-47-53(44,45)50-52(42,43)46-8-12-18(49-51(39,40)41)17(36)23(48-12)32-11-31-16-20(26)29-10-30-21(16)32/h10-12,17-19,23,36-37H,3-9H2,1-2H3,(H2,25,33)(H,27,34)(H,28,38)(H,42,43)(H,44,45)(H2,26,29,30)(H2,39,40,41)/t12-,17-,18-,19?,23-/m1/s1. The first kappa shape index (κ1) is 45.4. The quantitative estimate of drug-likeness (QED) is 0.0354. The van der Waals surface area contributed by atoms with Gasteiger partial charge in [-0.1, -0.05) is 25.6 Å². The SMILES string of the molecule is CC(C)(COP(=O)(O)OP(=O)(O)OC[C@H]1O[C@@H](n2cnc3c(N)ncnc32)[C@H](O)[C@@H]1OP(=O)(O)O)C(O)C(=O)NCCC(=O)NCCSC(=O)CC(N)=O. The number of carbonyl (C=O) groups excluding carboxylic acids is 4. The molecule has 54 heavy (non-hydrogen) atoms. The Morgan fingerprint density at radius 2 is 1.72 bits per heavy atom. The molecule has 3 amide bonds. The summed E-state index contributed by atoms with van der Waals surface area (Å²) in [6, 6.07) is 0. The topological polar surface area (TPSA) is 407 Å². The van der Waals surface area contributed by atoms with E-state index in [2.05, 4.69) is 34.4 Å². The second-order valence-electron chi connectivity index (χ2n) is 11.9. The molecule has 12 N–H and O–H groups in total. The monoisotopic (exact) mass is 852 g/mol. The minimum absolute atomic E-state index is 0.0213. The molecule has 1 fully saturated rings. The van der Waals surface area contributed by atoms with Crippen molar-refractivity contribution in [2.75, 3.05) is 37.8 Å². The molecule has 0 spiro atoms. The van der Waals surface area contributed by atoms with Crippen molar-refractivity contribution in [1.82, 2.24) is 30.2 Å². The number of aliphatic hydroxyl groups is 2. The van der Waals surface area contributed by atoms with Gasteiger partial charge in [0.05, 0.1) is 26.0 Å². The van der Waals surface area contributed by atoms with Crippen molar-refractivity contribution in [3.05, 3.63) is 12.7 Å². The number of primary amides is 1. The van der Waals surface area contributed by atoms with Crippen molar-refractivity contribution in [3.8, 4) is 0 Å². The normalized spacial score (nSPS) is 21.9. The van der Waals surface area contributed by atoms with Gasteiger partial charge < -0.3 is 56.6 Å². The Morgan fingerprint density at radius 3 is 2.37 bits per heavy atom. The Balaban J connectivity index is 1.51. The molecule has 0 radical (unpaired) electrons. The van der Waals surface area contributed by atoms with Crippen LogP contribution >= 0.6 is 35.2 Å². The number of anilines is 1. The Hall–Kier alpha value is -2.97. The van der Waals surface area contributed by atoms with Gasteiger partial charge in [0.1, 0.15) is 36.3 Å². The number of phosphoric ester groups is 3. The molecule has 2 aromatic rings. The van der Waals surface area contributed by atoms with Gasteiger partial charge in [-0.15, -0.1) is 0 Å². The molecular formula is C24H39N8O18P3S. The van der Waals surface area contributed by atoms with Gasteiger partial charge in [-0.25, -0.2) is 28.6 Å². The molecule has 0 aliphatic carbocycles. The summed E-state index contributed by atoms with van der Waals surface area (Å²) >= 11 is 0.798. The molecule has 7 atom stereocenters. The minimum atomic E-state index is -5.58. The highest BCUT2D eigenvalue weighted by Crippen LogP contribution is 2.61. The average Bonchev–Trinajstić information content (AvgIpc) is 3.60. The van der Waals surface area contributed by atoms with Crippen LogP contribution in [0.2, 0.25) is 0 Å². The summed E-state index contributed by atoms with van der Waals surface area (Å²) in [7, 11) is -16.4. The Labute approximate surface area is 309 Å². The number of ether oxygens (including phenoxy) is 1. The third kappa shape index (κ3) is 13.6. The molecule has 26 nitrogen and oxygen atoms in total. The molecule has 1 saturated heterocycles. The molecule has 304 valence electrons. The van der Waals surface area contributed by atoms with E-state index in [1.165, 1.54) is 13.8 Å². The smallest absolute Gasteiger partial charge is 0.386 e. The second kappa shape index (κ2) is 18.8. The maximum Gasteiger partial charge on any atom is 0.481 e. The number of rotatable bonds is 21. The third-order valence-corrected chi connectivity index (χ3v) is 11.1. The zero-order valence-electron chi connectivity index (χ0n) is 28.3. The van der Waals surface area contributed by atoms with E-state index in [0.717, 1.165) is 29.0 Å². The number of imidazole rings is 1. The number of nitrogen functional groups attached to an aromatic ring is 1. The van der Waals surface area contributed by atoms with Crippen molar-refractivity contribution >= 4 is 75.0 Å². The molecule has 2 aromatic heterocycles. The summed E-state index contributed by atoms with van der Waals surface area (Å²) in [5.74, 6) is -2.20. The Morgan fingerprint density at radius 1 is 1.06 bits per heavy atom. The van der Waals surface area contributed by atoms with Crippen LogP contribution in [0.25, 0.3) is 11.2 Å². The van der Waals surface area contributed by atoms with E-state index < -0.39 is 102 Å². The molecule has 1 aliphatic rings. The highest BCUT2D eigenvalue weighted by atomic mass is 32.2. The minimum Gasteiger partial charge on any atom is -0.386 e. The second-order valence-corrected chi connectivity index (χ2v) is 17.3. The molecule has 3 rings (SSSR count). The van der Waals surface area contributed by atoms with Gasteiger partial charge in [0.25, 0.3) is 0 Å². The lowest BCUT2D eigenvalue weighted by Gasteiger charge is -2.30. The number of nitrogens with zero attached hydrogens (tertiary/aromatic N) is 4. The highest BCUT2D eigenvalue weighted by Gasteiger charge is 2.50. The van der Waals surface area contributed by atoms with Gasteiger partial charge in [0.15, 0.2) is 22.8 Å². The fraction of sp³-hybridized carbons (Fsp3) is 0.625. The van der Waals surface area contributed by atoms with Gasteiger partial charge in [-0.3, -0.25) is 37.3 Å². The summed E-state index contributed by atoms with van der Waals surface area (Å²) in [6.07, 6.45) is -7.51. The van der Waals surface area contributed by atoms with E-state index in [9.17, 15) is 62.7 Å². The van der Waals surface area contributed by atoms with E-state index in [1.807, 2.05) is 0 Å². The number of hydrogen-bond donors (Lipinski definition) is 10. The van der Waals surface area contributed by atoms with E-state index >= 15 is 0 Å². The molecule has 1 aliphatic heterocycles. The van der Waals surface area contributed by atoms with Crippen LogP contribution in [-0.2, 0) is 55.5 Å². The largest absolute Gasteiger partial charge is 0.481 e. The zero-order valence-corrected chi connectivity index (χ0v) is 31.8. The van der Waals surface area contributed by atoms with Crippen LogP contribution < -0.4 is 22.1 Å². The fourth-order valence-corrected chi connectivity index (χ4v) is 7.99. The van der Waals surface area contributed by atoms with Gasteiger partial charge in [0.2, 0.25) is 17.7 Å². The van der Waals surface area contributed by atoms with Crippen LogP contribution in [0.4, 0.5) is 5.82 Å². The van der Waals surface area contributed by atoms with E-state index in [1.54, 1.807) is 0 Å². The molecule has 30 heteroatoms. The molecule has 0 aromatic carbocycles. The summed E-state index contributed by atoms with van der Waals surface area (Å²) in [4.78, 5) is 97.3. The molecule has 0 saturated carbocycles. The fourth-order valence-electron chi connectivity index (χ4n) is 4.49. The zero-order chi connectivity index (χ0) is 40.6. The predicted molar refractivity (Wildman–Crippen MR) is 181 cm³/mol. The van der Waals surface area contributed by atoms with Crippen molar-refractivity contribution in [3.63, 3.8) is 0 Å². The van der Waals surface area contributed by atoms with Gasteiger partial charge in [0, 0.05) is 30.7 Å². The Kier molecular flexibility index (Phi) is 15.8. The lowest BCUT2D eigenvalue weighted by atomic mass is 9.87. The van der Waals surface area contributed by atoms with Crippen molar-refractivity contribution in [2.24, 2.45) is 11.1 Å². The van der Waals surface area contributed by atoms with Crippen LogP contribution in [0.5, 0.6) is 0 Å². The summed E-state index contributed by atoms with van der Waals surface area (Å²) in [5, 5.41) is 25.6. The van der Waals surface area contributed by atoms with E-state index in [4.69, 9.17) is 25.3 Å². The van der Waals surface area contributed by atoms with Crippen LogP contribution in [0.1, 0.15) is 32.9 Å². The Bertz CT molecular complexity index is 1830. The highest BCUT2D eigenvalue weighted by molar-refractivity contribution is 8.13. The number of thioether (sulfide) groups is 1. The van der Waals surface area contributed by atoms with Crippen molar-refractivity contribution in [2.45, 2.75) is 57.3 Å². The first-order valence-corrected chi connectivity index (χ1v) is 20.7. The number of aromatic nitrogens is 4. The van der Waals surface area contributed by atoms with Crippen molar-refractivity contribution in [1.29, 1.82) is 0 Å². The molecule has 0 bridgehead atoms. The number of phosphoric acid groups is 3. The average molecular weight is 853 g/mol. The van der Waals surface area contributed by atoms with E-state index in [0.29, 0.717) is 0 Å². The third-order valence-electron chi connectivity index (χ3n) is 7.08. The summed E-state index contributed by atoms with van der Waals surface area (Å²) < 4.78 is 61.9. The van der Waals surface area contributed by atoms with Gasteiger partial charge >= 0.3 is 23.5 Å². The van der Waals surface area contributed by atoms with Crippen LogP contribution in [0, 0.1) is 5.41 Å². The number of amides is 3. The van der Waals surface area contributed by atoms with Crippen molar-refractivity contribution < 1.29 is 85.3 Å². The van der Waals surface area contributed by atoms with Crippen LogP contribution in [-0.4, -0.2) is 129 Å². The first-order chi connectivity index (χ1) is 24.9. The summed E-state index contributed by atoms with van der Waals surface area (Å²) in [6.45, 7) is 0.217. The maximum atomic E-state index is 12.6. The van der Waals surface area contributed by atoms with Crippen LogP contribution in [0.15, 0.2) is 12.7 Å². The van der Waals surface area contributed by atoms with E-state index in [-0.39, 0.29) is 42.2 Å². The maximum absolute atomic E-state index is 12.6. The lowest BCUT2D eigenvalue weighted by Crippen LogP contribution is -2.46.